The summed E-state index contributed by atoms with van der Waals surface area (Å²) in [7, 11) is 0. The van der Waals surface area contributed by atoms with E-state index in [1.165, 1.54) is 12.5 Å². The van der Waals surface area contributed by atoms with Crippen molar-refractivity contribution in [3.8, 4) is 17.1 Å². The predicted octanol–water partition coefficient (Wildman–Crippen LogP) is 1.22. The Kier molecular flexibility index (Phi) is 7.83. The maximum Gasteiger partial charge on any atom is 0.319 e. The van der Waals surface area contributed by atoms with E-state index in [1.807, 2.05) is 0 Å². The molecule has 0 bridgehead atoms. The molecule has 1 saturated heterocycles. The average molecular weight is 452 g/mol. The number of piperazine rings is 1. The minimum Gasteiger partial charge on any atom is -0.462 e. The highest BCUT2D eigenvalue weighted by atomic mass is 19.1. The van der Waals surface area contributed by atoms with Crippen LogP contribution in [0, 0.1) is 5.95 Å². The highest BCUT2D eigenvalue weighted by molar-refractivity contribution is 5.78. The fourth-order valence-corrected chi connectivity index (χ4v) is 3.47. The van der Waals surface area contributed by atoms with Crippen molar-refractivity contribution < 1.29 is 13.9 Å². The number of halogens is 1. The number of nitrogens with one attached hydrogen (secondary N) is 2. The van der Waals surface area contributed by atoms with Crippen molar-refractivity contribution in [2.24, 2.45) is 0 Å². The third-order valence-electron chi connectivity index (χ3n) is 5.31. The van der Waals surface area contributed by atoms with E-state index in [1.54, 1.807) is 36.5 Å². The zero-order chi connectivity index (χ0) is 22.9. The molecule has 1 amide bonds. The first-order valence-corrected chi connectivity index (χ1v) is 10.9. The largest absolute Gasteiger partial charge is 0.462 e. The summed E-state index contributed by atoms with van der Waals surface area (Å²) < 4.78 is 20.1. The lowest BCUT2D eigenvalue weighted by atomic mass is 10.0. The van der Waals surface area contributed by atoms with Crippen molar-refractivity contribution in [2.45, 2.75) is 13.0 Å². The molecule has 2 aromatic heterocycles. The van der Waals surface area contributed by atoms with Gasteiger partial charge in [0.1, 0.15) is 12.9 Å². The van der Waals surface area contributed by atoms with Crippen LogP contribution in [0.1, 0.15) is 11.3 Å². The zero-order valence-corrected chi connectivity index (χ0v) is 18.2. The van der Waals surface area contributed by atoms with E-state index in [4.69, 9.17) is 4.74 Å². The van der Waals surface area contributed by atoms with Crippen LogP contribution >= 0.6 is 0 Å². The lowest BCUT2D eigenvalue weighted by Gasteiger charge is -2.26. The van der Waals surface area contributed by atoms with Crippen LogP contribution in [0.3, 0.4) is 0 Å². The number of rotatable bonds is 9. The van der Waals surface area contributed by atoms with Gasteiger partial charge in [-0.3, -0.25) is 9.69 Å². The van der Waals surface area contributed by atoms with Crippen LogP contribution in [0.15, 0.2) is 49.1 Å². The Morgan fingerprint density at radius 3 is 2.70 bits per heavy atom. The topological polar surface area (TPSA) is 105 Å². The molecule has 1 aromatic carbocycles. The lowest BCUT2D eigenvalue weighted by Crippen LogP contribution is -2.44. The Morgan fingerprint density at radius 1 is 1.15 bits per heavy atom. The number of nitrogens with zero attached hydrogens (tertiary/aromatic N) is 5. The third kappa shape index (κ3) is 6.74. The number of amides is 1. The first kappa shape index (κ1) is 22.7. The standard InChI is InChI=1S/C23H26FN7O2/c24-22-20(15-28-23(30-22)33-12-11-31-9-7-25-8-10-31)18-3-1-17(2-4-18)13-21(32)27-14-19-5-6-26-16-29-19/h1-6,15-16,25H,7-14H2,(H,27,32). The fourth-order valence-electron chi connectivity index (χ4n) is 3.47. The second-order valence-electron chi connectivity index (χ2n) is 7.65. The lowest BCUT2D eigenvalue weighted by molar-refractivity contribution is -0.120. The third-order valence-corrected chi connectivity index (χ3v) is 5.31. The van der Waals surface area contributed by atoms with Gasteiger partial charge in [-0.25, -0.2) is 15.0 Å². The van der Waals surface area contributed by atoms with Crippen LogP contribution < -0.4 is 15.4 Å². The van der Waals surface area contributed by atoms with Crippen molar-refractivity contribution in [3.63, 3.8) is 0 Å². The molecule has 0 radical (unpaired) electrons. The van der Waals surface area contributed by atoms with Gasteiger partial charge in [-0.05, 0) is 17.2 Å². The Labute approximate surface area is 191 Å². The van der Waals surface area contributed by atoms with Crippen LogP contribution in [0.2, 0.25) is 0 Å². The molecule has 10 heteroatoms. The van der Waals surface area contributed by atoms with Crippen molar-refractivity contribution in [3.05, 3.63) is 66.3 Å². The van der Waals surface area contributed by atoms with Gasteiger partial charge in [-0.15, -0.1) is 0 Å². The van der Waals surface area contributed by atoms with E-state index < -0.39 is 5.95 Å². The molecule has 1 fully saturated rings. The number of ether oxygens (including phenoxy) is 1. The summed E-state index contributed by atoms with van der Waals surface area (Å²) in [4.78, 5) is 30.4. The van der Waals surface area contributed by atoms with E-state index >= 15 is 0 Å². The van der Waals surface area contributed by atoms with Crippen LogP contribution in [0.4, 0.5) is 4.39 Å². The van der Waals surface area contributed by atoms with Crippen molar-refractivity contribution in [1.29, 1.82) is 0 Å². The van der Waals surface area contributed by atoms with Crippen LogP contribution in [0.25, 0.3) is 11.1 Å². The number of carbonyl (C=O) groups is 1. The van der Waals surface area contributed by atoms with Gasteiger partial charge in [0.2, 0.25) is 11.9 Å². The molecule has 172 valence electrons. The first-order valence-electron chi connectivity index (χ1n) is 10.9. The summed E-state index contributed by atoms with van der Waals surface area (Å²) in [6.07, 6.45) is 4.70. The van der Waals surface area contributed by atoms with E-state index in [-0.39, 0.29) is 23.9 Å². The number of hydrogen-bond acceptors (Lipinski definition) is 8. The summed E-state index contributed by atoms with van der Waals surface area (Å²) in [6.45, 7) is 5.37. The van der Waals surface area contributed by atoms with E-state index in [0.29, 0.717) is 18.7 Å². The molecule has 9 nitrogen and oxygen atoms in total. The zero-order valence-electron chi connectivity index (χ0n) is 18.2. The first-order chi connectivity index (χ1) is 16.2. The van der Waals surface area contributed by atoms with Crippen LogP contribution in [-0.4, -0.2) is 70.1 Å². The van der Waals surface area contributed by atoms with E-state index in [0.717, 1.165) is 44.0 Å². The van der Waals surface area contributed by atoms with Gasteiger partial charge in [-0.2, -0.15) is 9.37 Å². The van der Waals surface area contributed by atoms with Gasteiger partial charge in [0.15, 0.2) is 0 Å². The molecule has 1 aliphatic heterocycles. The Balaban J connectivity index is 1.28. The minimum absolute atomic E-state index is 0.0309. The summed E-state index contributed by atoms with van der Waals surface area (Å²) in [6, 6.07) is 8.85. The Morgan fingerprint density at radius 2 is 1.97 bits per heavy atom. The van der Waals surface area contributed by atoms with Crippen molar-refractivity contribution in [2.75, 3.05) is 39.3 Å². The number of carbonyl (C=O) groups excluding carboxylic acids is 1. The predicted molar refractivity (Wildman–Crippen MR) is 120 cm³/mol. The molecular weight excluding hydrogens is 425 g/mol. The molecule has 0 spiro atoms. The van der Waals surface area contributed by atoms with Gasteiger partial charge >= 0.3 is 6.01 Å². The quantitative estimate of drug-likeness (QED) is 0.468. The normalized spacial score (nSPS) is 14.1. The molecule has 2 N–H and O–H groups in total. The second kappa shape index (κ2) is 11.4. The van der Waals surface area contributed by atoms with E-state index in [9.17, 15) is 9.18 Å². The van der Waals surface area contributed by atoms with Crippen molar-refractivity contribution in [1.82, 2.24) is 35.5 Å². The molecule has 4 rings (SSSR count). The minimum atomic E-state index is -0.641. The molecule has 0 unspecified atom stereocenters. The summed E-state index contributed by atoms with van der Waals surface area (Å²) >= 11 is 0. The van der Waals surface area contributed by atoms with Gasteiger partial charge in [0, 0.05) is 45.1 Å². The highest BCUT2D eigenvalue weighted by Gasteiger charge is 2.13. The number of hydrogen-bond donors (Lipinski definition) is 2. The molecule has 33 heavy (non-hydrogen) atoms. The maximum atomic E-state index is 14.6. The SMILES string of the molecule is O=C(Cc1ccc(-c2cnc(OCCN3CCNCC3)nc2F)cc1)NCc1ccncn1. The van der Waals surface area contributed by atoms with Gasteiger partial charge in [0.05, 0.1) is 24.2 Å². The fraction of sp³-hybridized carbons (Fsp3) is 0.348. The summed E-state index contributed by atoms with van der Waals surface area (Å²) in [5, 5.41) is 6.11. The number of aromatic nitrogens is 4. The van der Waals surface area contributed by atoms with E-state index in [2.05, 4.69) is 35.5 Å². The monoisotopic (exact) mass is 451 g/mol. The average Bonchev–Trinajstić information content (AvgIpc) is 2.85. The van der Waals surface area contributed by atoms with Crippen LogP contribution in [0.5, 0.6) is 6.01 Å². The van der Waals surface area contributed by atoms with Gasteiger partial charge in [-0.1, -0.05) is 24.3 Å². The molecule has 3 heterocycles. The molecule has 1 aliphatic rings. The van der Waals surface area contributed by atoms with Gasteiger partial charge < -0.3 is 15.4 Å². The Hall–Kier alpha value is -3.50. The molecule has 3 aromatic rings. The summed E-state index contributed by atoms with van der Waals surface area (Å²) in [5.74, 6) is -0.768. The smallest absolute Gasteiger partial charge is 0.319 e. The molecule has 0 saturated carbocycles. The van der Waals surface area contributed by atoms with Gasteiger partial charge in [0.25, 0.3) is 0 Å². The molecule has 0 aliphatic carbocycles. The Bertz CT molecular complexity index is 1040. The maximum absolute atomic E-state index is 14.6. The second-order valence-corrected chi connectivity index (χ2v) is 7.65. The van der Waals surface area contributed by atoms with Crippen molar-refractivity contribution >= 4 is 5.91 Å². The van der Waals surface area contributed by atoms with Crippen LogP contribution in [-0.2, 0) is 17.8 Å². The highest BCUT2D eigenvalue weighted by Crippen LogP contribution is 2.22. The number of benzene rings is 1. The summed E-state index contributed by atoms with van der Waals surface area (Å²) in [5.41, 5.74) is 2.46. The molecular formula is C23H26FN7O2. The molecule has 0 atom stereocenters.